The summed E-state index contributed by atoms with van der Waals surface area (Å²) in [5, 5.41) is 2.16. The molecule has 2 heterocycles. The van der Waals surface area contributed by atoms with Crippen molar-refractivity contribution in [3.63, 3.8) is 0 Å². The molecule has 0 saturated heterocycles. The average molecular weight is 469 g/mol. The van der Waals surface area contributed by atoms with Gasteiger partial charge in [0.05, 0.1) is 12.8 Å². The van der Waals surface area contributed by atoms with Crippen LogP contribution in [0.3, 0.4) is 0 Å². The number of nitrogens with zero attached hydrogens (tertiary/aromatic N) is 2. The summed E-state index contributed by atoms with van der Waals surface area (Å²) in [6, 6.07) is 20.4. The number of carbonyl (C=O) groups excluding carboxylic acids is 1. The Labute approximate surface area is 206 Å². The zero-order valence-corrected chi connectivity index (χ0v) is 20.5. The molecule has 6 rings (SSSR count). The minimum Gasteiger partial charge on any atom is -0.465 e. The van der Waals surface area contributed by atoms with Gasteiger partial charge in [-0.1, -0.05) is 67.8 Å². The lowest BCUT2D eigenvalue weighted by Gasteiger charge is -2.47. The van der Waals surface area contributed by atoms with Gasteiger partial charge in [-0.25, -0.2) is 0 Å². The van der Waals surface area contributed by atoms with Gasteiger partial charge in [-0.05, 0) is 55.7 Å². The Bertz CT molecular complexity index is 1310. The lowest BCUT2D eigenvalue weighted by Crippen LogP contribution is -2.66. The number of rotatable bonds is 4. The third-order valence-electron chi connectivity index (χ3n) is 8.20. The van der Waals surface area contributed by atoms with Crippen LogP contribution in [-0.4, -0.2) is 31.1 Å². The van der Waals surface area contributed by atoms with Crippen molar-refractivity contribution >= 4 is 34.3 Å². The number of hydrogen-bond donors (Lipinski definition) is 0. The number of esters is 1. The largest absolute Gasteiger partial charge is 0.465 e. The van der Waals surface area contributed by atoms with E-state index in [4.69, 9.17) is 14.5 Å². The number of carbonyl (C=O) groups is 1. The maximum absolute atomic E-state index is 13.8. The van der Waals surface area contributed by atoms with E-state index in [9.17, 15) is 4.79 Å². The third-order valence-corrected chi connectivity index (χ3v) is 8.20. The van der Waals surface area contributed by atoms with Gasteiger partial charge >= 0.3 is 5.97 Å². The van der Waals surface area contributed by atoms with Gasteiger partial charge in [-0.2, -0.15) is 0 Å². The molecule has 5 nitrogen and oxygen atoms in total. The van der Waals surface area contributed by atoms with Crippen molar-refractivity contribution in [2.75, 3.05) is 18.1 Å². The zero-order valence-electron chi connectivity index (χ0n) is 20.5. The van der Waals surface area contributed by atoms with E-state index in [0.29, 0.717) is 18.3 Å². The summed E-state index contributed by atoms with van der Waals surface area (Å²) in [5.74, 6) is 0.964. The SMILES string of the molecule is CCOC(=O)C1(C)c2ccccc2N(CC2CCCCC2)C12C=Nc1c(ccc3ccccc13)O2. The molecule has 3 aliphatic rings. The van der Waals surface area contributed by atoms with Crippen LogP contribution in [0.1, 0.15) is 51.5 Å². The number of aliphatic imine (C=N–C) groups is 1. The highest BCUT2D eigenvalue weighted by Gasteiger charge is 2.67. The van der Waals surface area contributed by atoms with Crippen molar-refractivity contribution < 1.29 is 14.3 Å². The Kier molecular flexibility index (Phi) is 5.32. The van der Waals surface area contributed by atoms with Crippen molar-refractivity contribution in [1.82, 2.24) is 0 Å². The minimum atomic E-state index is -1.10. The van der Waals surface area contributed by atoms with Gasteiger partial charge in [0.15, 0.2) is 5.41 Å². The molecular formula is C30H32N2O3. The molecule has 2 unspecified atom stereocenters. The fourth-order valence-corrected chi connectivity index (χ4v) is 6.32. The lowest BCUT2D eigenvalue weighted by atomic mass is 9.75. The zero-order chi connectivity index (χ0) is 24.0. The van der Waals surface area contributed by atoms with E-state index in [0.717, 1.165) is 34.3 Å². The standard InChI is InChI=1S/C30H32N2O3/c1-3-34-28(33)29(2)24-15-9-10-16-25(24)32(19-21-11-5-4-6-12-21)30(29)20-31-27-23-14-8-7-13-22(23)17-18-26(27)35-30/h7-10,13-18,20-21H,3-6,11-12,19H2,1-2H3. The summed E-state index contributed by atoms with van der Waals surface area (Å²) >= 11 is 0. The predicted octanol–water partition coefficient (Wildman–Crippen LogP) is 6.55. The first-order valence-corrected chi connectivity index (χ1v) is 12.9. The van der Waals surface area contributed by atoms with Crippen LogP contribution in [0.2, 0.25) is 0 Å². The molecule has 1 aliphatic carbocycles. The summed E-state index contributed by atoms with van der Waals surface area (Å²) in [6.45, 7) is 4.95. The summed E-state index contributed by atoms with van der Waals surface area (Å²) < 4.78 is 12.7. The van der Waals surface area contributed by atoms with Crippen LogP contribution in [0.4, 0.5) is 11.4 Å². The van der Waals surface area contributed by atoms with E-state index in [1.165, 1.54) is 32.1 Å². The van der Waals surface area contributed by atoms with Crippen molar-refractivity contribution in [2.45, 2.75) is 57.1 Å². The van der Waals surface area contributed by atoms with Gasteiger partial charge in [-0.3, -0.25) is 9.79 Å². The Hall–Kier alpha value is -3.34. The maximum Gasteiger partial charge on any atom is 0.322 e. The van der Waals surface area contributed by atoms with Crippen LogP contribution < -0.4 is 9.64 Å². The monoisotopic (exact) mass is 468 g/mol. The first-order chi connectivity index (χ1) is 17.1. The molecule has 1 saturated carbocycles. The summed E-state index contributed by atoms with van der Waals surface area (Å²) in [5.41, 5.74) is 0.611. The molecule has 180 valence electrons. The molecule has 0 radical (unpaired) electrons. The van der Waals surface area contributed by atoms with E-state index in [-0.39, 0.29) is 5.97 Å². The highest BCUT2D eigenvalue weighted by atomic mass is 16.6. The number of fused-ring (bicyclic) bond motifs is 4. The molecule has 0 aromatic heterocycles. The molecule has 5 heteroatoms. The second-order valence-electron chi connectivity index (χ2n) is 10.2. The van der Waals surface area contributed by atoms with E-state index in [1.54, 1.807) is 0 Å². The first-order valence-electron chi connectivity index (χ1n) is 12.9. The van der Waals surface area contributed by atoms with E-state index in [2.05, 4.69) is 29.2 Å². The molecule has 2 atom stereocenters. The van der Waals surface area contributed by atoms with E-state index in [1.807, 2.05) is 56.5 Å². The molecule has 2 aliphatic heterocycles. The molecule has 1 fully saturated rings. The van der Waals surface area contributed by atoms with Crippen molar-refractivity contribution in [3.8, 4) is 5.75 Å². The topological polar surface area (TPSA) is 51.1 Å². The number of benzene rings is 3. The first kappa shape index (κ1) is 22.1. The summed E-state index contributed by atoms with van der Waals surface area (Å²) in [6.07, 6.45) is 8.09. The van der Waals surface area contributed by atoms with Gasteiger partial charge in [0.2, 0.25) is 5.72 Å². The number of anilines is 1. The highest BCUT2D eigenvalue weighted by molar-refractivity contribution is 6.03. The van der Waals surface area contributed by atoms with Crippen LogP contribution in [0.25, 0.3) is 10.8 Å². The van der Waals surface area contributed by atoms with Crippen LogP contribution in [0.5, 0.6) is 5.75 Å². The highest BCUT2D eigenvalue weighted by Crippen LogP contribution is 2.56. The molecular weight excluding hydrogens is 436 g/mol. The molecule has 0 N–H and O–H groups in total. The second kappa shape index (κ2) is 8.40. The van der Waals surface area contributed by atoms with Gasteiger partial charge in [-0.15, -0.1) is 0 Å². The Balaban J connectivity index is 1.54. The summed E-state index contributed by atoms with van der Waals surface area (Å²) in [7, 11) is 0. The molecule has 1 spiro atoms. The number of para-hydroxylation sites is 1. The normalized spacial score (nSPS) is 25.4. The van der Waals surface area contributed by atoms with Crippen LogP contribution in [0, 0.1) is 5.92 Å². The molecule has 3 aromatic rings. The Morgan fingerprint density at radius 3 is 2.66 bits per heavy atom. The number of hydrogen-bond acceptors (Lipinski definition) is 5. The van der Waals surface area contributed by atoms with Crippen LogP contribution >= 0.6 is 0 Å². The Morgan fingerprint density at radius 1 is 1.06 bits per heavy atom. The predicted molar refractivity (Wildman–Crippen MR) is 140 cm³/mol. The fourth-order valence-electron chi connectivity index (χ4n) is 6.32. The van der Waals surface area contributed by atoms with Crippen molar-refractivity contribution in [2.24, 2.45) is 10.9 Å². The van der Waals surface area contributed by atoms with Crippen LogP contribution in [-0.2, 0) is 14.9 Å². The van der Waals surface area contributed by atoms with Gasteiger partial charge < -0.3 is 14.4 Å². The lowest BCUT2D eigenvalue weighted by molar-refractivity contribution is -0.155. The molecule has 3 aromatic carbocycles. The quantitative estimate of drug-likeness (QED) is 0.407. The van der Waals surface area contributed by atoms with Crippen LogP contribution in [0.15, 0.2) is 65.7 Å². The Morgan fingerprint density at radius 2 is 1.83 bits per heavy atom. The second-order valence-corrected chi connectivity index (χ2v) is 10.2. The van der Waals surface area contributed by atoms with Gasteiger partial charge in [0.1, 0.15) is 11.4 Å². The van der Waals surface area contributed by atoms with Crippen molar-refractivity contribution in [1.29, 1.82) is 0 Å². The minimum absolute atomic E-state index is 0.283. The van der Waals surface area contributed by atoms with Gasteiger partial charge in [0.25, 0.3) is 0 Å². The fraction of sp³-hybridized carbons (Fsp3) is 0.400. The van der Waals surface area contributed by atoms with Crippen molar-refractivity contribution in [3.05, 3.63) is 66.2 Å². The van der Waals surface area contributed by atoms with E-state index >= 15 is 0 Å². The summed E-state index contributed by atoms with van der Waals surface area (Å²) in [4.78, 5) is 21.1. The molecule has 35 heavy (non-hydrogen) atoms. The third kappa shape index (κ3) is 3.20. The molecule has 0 bridgehead atoms. The smallest absolute Gasteiger partial charge is 0.322 e. The number of ether oxygens (including phenoxy) is 2. The molecule has 0 amide bonds. The average Bonchev–Trinajstić information content (AvgIpc) is 3.10. The maximum atomic E-state index is 13.8. The van der Waals surface area contributed by atoms with E-state index < -0.39 is 11.1 Å². The van der Waals surface area contributed by atoms with Gasteiger partial charge in [0, 0.05) is 17.6 Å².